The first-order valence-electron chi connectivity index (χ1n) is 19.0. The molecule has 2 unspecified atom stereocenters. The Labute approximate surface area is 339 Å². The predicted octanol–water partition coefficient (Wildman–Crippen LogP) is 7.49. The number of fused-ring (bicyclic) bond motifs is 2. The summed E-state index contributed by atoms with van der Waals surface area (Å²) in [6.07, 6.45) is 6.41. The topological polar surface area (TPSA) is 167 Å². The second kappa shape index (κ2) is 16.4. The maximum absolute atomic E-state index is 13.4. The Bertz CT molecular complexity index is 2790. The van der Waals surface area contributed by atoms with Crippen molar-refractivity contribution in [2.24, 2.45) is 14.1 Å². The van der Waals surface area contributed by atoms with E-state index in [1.54, 1.807) is 55.2 Å². The van der Waals surface area contributed by atoms with Crippen LogP contribution in [0.25, 0.3) is 33.2 Å². The molecule has 2 N–H and O–H groups in total. The molecule has 2 atom stereocenters. The molecular weight excluding hydrogens is 747 g/mol. The van der Waals surface area contributed by atoms with Gasteiger partial charge in [0.05, 0.1) is 29.2 Å². The van der Waals surface area contributed by atoms with E-state index in [1.165, 1.54) is 4.90 Å². The molecule has 0 spiro atoms. The lowest BCUT2D eigenvalue weighted by Gasteiger charge is -2.24. The van der Waals surface area contributed by atoms with Gasteiger partial charge in [-0.1, -0.05) is 55.5 Å². The van der Waals surface area contributed by atoms with Gasteiger partial charge in [-0.2, -0.15) is 10.2 Å². The minimum atomic E-state index is -0.608. The predicted molar refractivity (Wildman–Crippen MR) is 224 cm³/mol. The smallest absolute Gasteiger partial charge is 0.414 e. The molecule has 0 aliphatic rings. The Morgan fingerprint density at radius 2 is 1.29 bits per heavy atom. The fourth-order valence-corrected chi connectivity index (χ4v) is 6.85. The van der Waals surface area contributed by atoms with Gasteiger partial charge in [-0.15, -0.1) is 0 Å². The molecule has 8 aromatic rings. The van der Waals surface area contributed by atoms with E-state index in [9.17, 15) is 9.59 Å². The van der Waals surface area contributed by atoms with Crippen molar-refractivity contribution in [1.82, 2.24) is 44.4 Å². The van der Waals surface area contributed by atoms with Gasteiger partial charge >= 0.3 is 12.1 Å². The quantitative estimate of drug-likeness (QED) is 0.0927. The zero-order valence-electron chi connectivity index (χ0n) is 33.1. The van der Waals surface area contributed by atoms with E-state index in [4.69, 9.17) is 19.6 Å². The molecule has 0 radical (unpaired) electrons. The van der Waals surface area contributed by atoms with Gasteiger partial charge in [0.25, 0.3) is 0 Å². The molecule has 0 aliphatic carbocycles. The van der Waals surface area contributed by atoms with Crippen LogP contribution < -0.4 is 20.1 Å². The van der Waals surface area contributed by atoms with Gasteiger partial charge in [0, 0.05) is 81.3 Å². The fraction of sp³-hybridized carbons (Fsp3) is 0.182. The van der Waals surface area contributed by atoms with Crippen molar-refractivity contribution >= 4 is 45.5 Å². The number of hydrogen-bond acceptors (Lipinski definition) is 12. The number of rotatable bonds is 12. The number of amides is 1. The summed E-state index contributed by atoms with van der Waals surface area (Å²) in [5.74, 6) is 1.44. The van der Waals surface area contributed by atoms with E-state index in [1.807, 2.05) is 111 Å². The van der Waals surface area contributed by atoms with Gasteiger partial charge in [0.1, 0.15) is 28.4 Å². The van der Waals surface area contributed by atoms with E-state index in [-0.39, 0.29) is 12.2 Å². The van der Waals surface area contributed by atoms with Crippen molar-refractivity contribution in [2.75, 3.05) is 24.7 Å². The van der Waals surface area contributed by atoms with Crippen LogP contribution >= 0.6 is 0 Å². The summed E-state index contributed by atoms with van der Waals surface area (Å²) in [4.78, 5) is 46.4. The van der Waals surface area contributed by atoms with Crippen LogP contribution in [0, 0.1) is 0 Å². The lowest BCUT2D eigenvalue weighted by molar-refractivity contribution is -0.134. The molecule has 0 fully saturated rings. The van der Waals surface area contributed by atoms with Crippen LogP contribution in [0.4, 0.5) is 16.4 Å². The highest BCUT2D eigenvalue weighted by Gasteiger charge is 2.29. The third-order valence-corrected chi connectivity index (χ3v) is 9.83. The Balaban J connectivity index is 1.28. The first-order valence-corrected chi connectivity index (χ1v) is 19.0. The molecule has 8 rings (SSSR count). The SMILES string of the molecule is CCC(=O)Oc1c(C(Nc2ccccn2)c2cc(-c3ccc4ccc(C(Nc5ccccn5)c5ccnn5C)c(OC(=O)N(C)C)c4n3)nn2C)ccc2cccnc12. The molecule has 0 saturated heterocycles. The number of pyridine rings is 4. The van der Waals surface area contributed by atoms with Crippen LogP contribution in [-0.2, 0) is 18.9 Å². The Kier molecular flexibility index (Phi) is 10.6. The van der Waals surface area contributed by atoms with Crippen molar-refractivity contribution in [3.05, 3.63) is 144 Å². The summed E-state index contributed by atoms with van der Waals surface area (Å²) in [6, 6.07) is 29.2. The highest BCUT2D eigenvalue weighted by atomic mass is 16.6. The Morgan fingerprint density at radius 1 is 0.661 bits per heavy atom. The van der Waals surface area contributed by atoms with Crippen molar-refractivity contribution in [3.8, 4) is 22.9 Å². The molecule has 1 amide bonds. The Hall–Kier alpha value is -7.68. The van der Waals surface area contributed by atoms with E-state index in [0.29, 0.717) is 50.9 Å². The molecule has 296 valence electrons. The summed E-state index contributed by atoms with van der Waals surface area (Å²) in [5.41, 5.74) is 4.92. The molecule has 6 heterocycles. The normalized spacial score (nSPS) is 12.2. The Morgan fingerprint density at radius 3 is 1.90 bits per heavy atom. The number of nitrogens with one attached hydrogen (secondary N) is 2. The average molecular weight is 788 g/mol. The van der Waals surface area contributed by atoms with Crippen molar-refractivity contribution < 1.29 is 19.1 Å². The number of hydrogen-bond donors (Lipinski definition) is 2. The van der Waals surface area contributed by atoms with Crippen molar-refractivity contribution in [3.63, 3.8) is 0 Å². The number of aromatic nitrogens is 8. The van der Waals surface area contributed by atoms with Crippen LogP contribution in [0.15, 0.2) is 122 Å². The molecule has 15 heteroatoms. The van der Waals surface area contributed by atoms with Gasteiger partial charge in [-0.25, -0.2) is 19.7 Å². The zero-order chi connectivity index (χ0) is 41.0. The molecule has 0 saturated carbocycles. The summed E-state index contributed by atoms with van der Waals surface area (Å²) in [5, 5.41) is 18.0. The van der Waals surface area contributed by atoms with Crippen molar-refractivity contribution in [2.45, 2.75) is 25.4 Å². The fourth-order valence-electron chi connectivity index (χ4n) is 6.85. The monoisotopic (exact) mass is 787 g/mol. The second-order valence-corrected chi connectivity index (χ2v) is 13.9. The molecule has 6 aromatic heterocycles. The summed E-state index contributed by atoms with van der Waals surface area (Å²) in [6.45, 7) is 1.75. The lowest BCUT2D eigenvalue weighted by Crippen LogP contribution is -2.27. The molecule has 15 nitrogen and oxygen atoms in total. The number of ether oxygens (including phenoxy) is 2. The van der Waals surface area contributed by atoms with Crippen LogP contribution in [0.1, 0.15) is 47.9 Å². The van der Waals surface area contributed by atoms with Gasteiger partial charge < -0.3 is 25.0 Å². The third-order valence-electron chi connectivity index (χ3n) is 9.83. The highest BCUT2D eigenvalue weighted by Crippen LogP contribution is 2.40. The van der Waals surface area contributed by atoms with Gasteiger partial charge in [-0.3, -0.25) is 19.1 Å². The minimum absolute atomic E-state index is 0.181. The van der Waals surface area contributed by atoms with Crippen LogP contribution in [-0.4, -0.2) is 70.6 Å². The first kappa shape index (κ1) is 38.2. The van der Waals surface area contributed by atoms with E-state index < -0.39 is 24.1 Å². The van der Waals surface area contributed by atoms with Crippen LogP contribution in [0.3, 0.4) is 0 Å². The van der Waals surface area contributed by atoms with Crippen molar-refractivity contribution in [1.29, 1.82) is 0 Å². The van der Waals surface area contributed by atoms with E-state index >= 15 is 0 Å². The number of esters is 1. The molecular formula is C44H41N11O4. The summed E-state index contributed by atoms with van der Waals surface area (Å²) in [7, 11) is 6.95. The van der Waals surface area contributed by atoms with E-state index in [0.717, 1.165) is 22.2 Å². The number of carbonyl (C=O) groups excluding carboxylic acids is 2. The molecule has 59 heavy (non-hydrogen) atoms. The molecule has 0 aliphatic heterocycles. The molecule has 0 bridgehead atoms. The minimum Gasteiger partial charge on any atom is -0.424 e. The standard InChI is InChI=1S/C44H41N11O4/c1-6-37(56)58-42-30(18-15-27-12-11-24-47-38(27)42)41(51-36-14-8-10-23-46-36)34-26-32(52-55(34)5)31-20-17-28-16-19-29(43(39(28)49-31)59-44(57)53(2)3)40(33-21-25-48-54(33)4)50-35-13-7-9-22-45-35/h7-26,40-41H,6H2,1-5H3,(H,45,50)(H,46,51). The number of aryl methyl sites for hydroxylation is 2. The third kappa shape index (κ3) is 7.85. The maximum Gasteiger partial charge on any atom is 0.414 e. The highest BCUT2D eigenvalue weighted by molar-refractivity contribution is 5.91. The maximum atomic E-state index is 13.4. The average Bonchev–Trinajstić information content (AvgIpc) is 3.87. The summed E-state index contributed by atoms with van der Waals surface area (Å²) >= 11 is 0. The number of benzene rings is 2. The number of carbonyl (C=O) groups is 2. The number of anilines is 2. The zero-order valence-corrected chi connectivity index (χ0v) is 33.1. The van der Waals surface area contributed by atoms with E-state index in [2.05, 4.69) is 30.7 Å². The largest absolute Gasteiger partial charge is 0.424 e. The molecule has 2 aromatic carbocycles. The second-order valence-electron chi connectivity index (χ2n) is 13.9. The first-order chi connectivity index (χ1) is 28.7. The van der Waals surface area contributed by atoms with Gasteiger partial charge in [0.15, 0.2) is 11.5 Å². The van der Waals surface area contributed by atoms with Gasteiger partial charge in [-0.05, 0) is 48.5 Å². The summed E-state index contributed by atoms with van der Waals surface area (Å²) < 4.78 is 15.7. The number of nitrogens with zero attached hydrogens (tertiary/aromatic N) is 9. The van der Waals surface area contributed by atoms with Gasteiger partial charge in [0.2, 0.25) is 0 Å². The van der Waals surface area contributed by atoms with Crippen LogP contribution in [0.2, 0.25) is 0 Å². The lowest BCUT2D eigenvalue weighted by atomic mass is 9.98. The van der Waals surface area contributed by atoms with Crippen LogP contribution in [0.5, 0.6) is 11.5 Å².